The Morgan fingerprint density at radius 2 is 2.22 bits per heavy atom. The van der Waals surface area contributed by atoms with Crippen molar-refractivity contribution in [2.75, 3.05) is 0 Å². The largest absolute Gasteiger partial charge is 0.485 e. The standard InChI is InChI=1S/C13H11ClO4/c14-7-4-5-10-9(6-7)11(12(18-10)13(15)16)17-8-2-1-3-8/h4-6,8H,1-3H2,(H,15,16). The zero-order chi connectivity index (χ0) is 12.7. The summed E-state index contributed by atoms with van der Waals surface area (Å²) in [7, 11) is 0. The first-order chi connectivity index (χ1) is 8.65. The molecule has 1 aromatic carbocycles. The lowest BCUT2D eigenvalue weighted by Gasteiger charge is -2.26. The molecule has 18 heavy (non-hydrogen) atoms. The van der Waals surface area contributed by atoms with Crippen molar-refractivity contribution in [1.29, 1.82) is 0 Å². The molecule has 94 valence electrons. The van der Waals surface area contributed by atoms with Crippen molar-refractivity contribution in [2.24, 2.45) is 0 Å². The molecule has 1 aromatic heterocycles. The fraction of sp³-hybridized carbons (Fsp3) is 0.308. The van der Waals surface area contributed by atoms with E-state index in [-0.39, 0.29) is 11.9 Å². The lowest BCUT2D eigenvalue weighted by molar-refractivity contribution is 0.0643. The molecule has 3 rings (SSSR count). The van der Waals surface area contributed by atoms with Gasteiger partial charge >= 0.3 is 5.97 Å². The molecule has 0 aliphatic heterocycles. The minimum absolute atomic E-state index is 0.0860. The Hall–Kier alpha value is -1.68. The molecule has 1 aliphatic rings. The van der Waals surface area contributed by atoms with Crippen molar-refractivity contribution < 1.29 is 19.1 Å². The number of carboxylic acids is 1. The molecule has 4 nitrogen and oxygen atoms in total. The maximum Gasteiger partial charge on any atom is 0.375 e. The summed E-state index contributed by atoms with van der Waals surface area (Å²) in [5.41, 5.74) is 0.478. The minimum atomic E-state index is -1.13. The molecular formula is C13H11ClO4. The first-order valence-corrected chi connectivity index (χ1v) is 6.15. The van der Waals surface area contributed by atoms with Crippen molar-refractivity contribution in [3.05, 3.63) is 29.0 Å². The minimum Gasteiger partial charge on any atom is -0.485 e. The summed E-state index contributed by atoms with van der Waals surface area (Å²) in [5.74, 6) is -0.986. The maximum atomic E-state index is 11.2. The zero-order valence-corrected chi connectivity index (χ0v) is 10.2. The number of carbonyl (C=O) groups is 1. The van der Waals surface area contributed by atoms with Crippen molar-refractivity contribution in [3.8, 4) is 5.75 Å². The van der Waals surface area contributed by atoms with Crippen molar-refractivity contribution in [1.82, 2.24) is 0 Å². The normalized spacial score (nSPS) is 15.6. The number of halogens is 1. The second-order valence-corrected chi connectivity index (χ2v) is 4.81. The van der Waals surface area contributed by atoms with Crippen LogP contribution in [0.15, 0.2) is 22.6 Å². The lowest BCUT2D eigenvalue weighted by atomic mass is 9.96. The van der Waals surface area contributed by atoms with Gasteiger partial charge in [-0.15, -0.1) is 0 Å². The van der Waals surface area contributed by atoms with Crippen molar-refractivity contribution in [2.45, 2.75) is 25.4 Å². The fourth-order valence-electron chi connectivity index (χ4n) is 1.96. The Balaban J connectivity index is 2.13. The summed E-state index contributed by atoms with van der Waals surface area (Å²) in [5, 5.41) is 10.3. The van der Waals surface area contributed by atoms with Crippen LogP contribution >= 0.6 is 11.6 Å². The third-order valence-corrected chi connectivity index (χ3v) is 3.37. The predicted molar refractivity (Wildman–Crippen MR) is 66.5 cm³/mol. The van der Waals surface area contributed by atoms with Crippen LogP contribution in [0.25, 0.3) is 11.0 Å². The molecule has 0 saturated heterocycles. The number of fused-ring (bicyclic) bond motifs is 1. The van der Waals surface area contributed by atoms with Crippen LogP contribution in [0.2, 0.25) is 5.02 Å². The Bertz CT molecular complexity index is 613. The number of rotatable bonds is 3. The Morgan fingerprint density at radius 1 is 1.44 bits per heavy atom. The average Bonchev–Trinajstić information content (AvgIpc) is 2.61. The molecule has 2 aromatic rings. The molecule has 0 unspecified atom stereocenters. The molecule has 1 aliphatic carbocycles. The fourth-order valence-corrected chi connectivity index (χ4v) is 2.13. The predicted octanol–water partition coefficient (Wildman–Crippen LogP) is 3.72. The van der Waals surface area contributed by atoms with E-state index in [0.717, 1.165) is 19.3 Å². The monoisotopic (exact) mass is 266 g/mol. The van der Waals surface area contributed by atoms with Crippen LogP contribution in [0.3, 0.4) is 0 Å². The summed E-state index contributed by atoms with van der Waals surface area (Å²) < 4.78 is 11.0. The molecule has 0 radical (unpaired) electrons. The van der Waals surface area contributed by atoms with Gasteiger partial charge in [-0.3, -0.25) is 0 Å². The Morgan fingerprint density at radius 3 is 2.83 bits per heavy atom. The first-order valence-electron chi connectivity index (χ1n) is 5.77. The van der Waals surface area contributed by atoms with Crippen molar-refractivity contribution in [3.63, 3.8) is 0 Å². The molecule has 1 heterocycles. The summed E-state index contributed by atoms with van der Waals surface area (Å²) in [6, 6.07) is 4.98. The molecule has 1 fully saturated rings. The van der Waals surface area contributed by atoms with E-state index >= 15 is 0 Å². The van der Waals surface area contributed by atoms with Crippen LogP contribution in [0.4, 0.5) is 0 Å². The highest BCUT2D eigenvalue weighted by Gasteiger charge is 2.27. The van der Waals surface area contributed by atoms with Gasteiger partial charge in [0.1, 0.15) is 5.58 Å². The number of aromatic carboxylic acids is 1. The second-order valence-electron chi connectivity index (χ2n) is 4.38. The summed E-state index contributed by atoms with van der Waals surface area (Å²) in [6.07, 6.45) is 3.10. The number of furan rings is 1. The molecular weight excluding hydrogens is 256 g/mol. The van der Waals surface area contributed by atoms with E-state index in [9.17, 15) is 4.79 Å². The molecule has 1 N–H and O–H groups in total. The number of hydrogen-bond acceptors (Lipinski definition) is 3. The van der Waals surface area contributed by atoms with E-state index in [2.05, 4.69) is 0 Å². The highest BCUT2D eigenvalue weighted by molar-refractivity contribution is 6.31. The highest BCUT2D eigenvalue weighted by Crippen LogP contribution is 2.37. The van der Waals surface area contributed by atoms with Crippen LogP contribution in [0.5, 0.6) is 5.75 Å². The van der Waals surface area contributed by atoms with Crippen LogP contribution in [-0.2, 0) is 0 Å². The van der Waals surface area contributed by atoms with Gasteiger partial charge < -0.3 is 14.3 Å². The quantitative estimate of drug-likeness (QED) is 0.920. The maximum absolute atomic E-state index is 11.2. The van der Waals surface area contributed by atoms with Crippen LogP contribution in [-0.4, -0.2) is 17.2 Å². The molecule has 0 spiro atoms. The van der Waals surface area contributed by atoms with E-state index < -0.39 is 5.97 Å². The molecule has 0 amide bonds. The van der Waals surface area contributed by atoms with Crippen LogP contribution in [0.1, 0.15) is 29.8 Å². The smallest absolute Gasteiger partial charge is 0.375 e. The van der Waals surface area contributed by atoms with Gasteiger partial charge in [0.15, 0.2) is 5.75 Å². The Kier molecular flexibility index (Phi) is 2.67. The van der Waals surface area contributed by atoms with Gasteiger partial charge in [-0.2, -0.15) is 0 Å². The summed E-state index contributed by atoms with van der Waals surface area (Å²) in [6.45, 7) is 0. The van der Waals surface area contributed by atoms with Gasteiger partial charge in [-0.1, -0.05) is 11.6 Å². The number of carboxylic acid groups (broad SMARTS) is 1. The molecule has 5 heteroatoms. The molecule has 1 saturated carbocycles. The average molecular weight is 267 g/mol. The lowest BCUT2D eigenvalue weighted by Crippen LogP contribution is -2.25. The zero-order valence-electron chi connectivity index (χ0n) is 9.48. The SMILES string of the molecule is O=C(O)c1oc2ccc(Cl)cc2c1OC1CCC1. The van der Waals surface area contributed by atoms with Gasteiger partial charge in [0, 0.05) is 5.02 Å². The van der Waals surface area contributed by atoms with E-state index in [4.69, 9.17) is 25.9 Å². The van der Waals surface area contributed by atoms with Crippen molar-refractivity contribution >= 4 is 28.5 Å². The van der Waals surface area contributed by atoms with E-state index in [1.54, 1.807) is 18.2 Å². The topological polar surface area (TPSA) is 59.7 Å². The van der Waals surface area contributed by atoms with E-state index in [1.165, 1.54) is 0 Å². The van der Waals surface area contributed by atoms with Gasteiger partial charge in [0.2, 0.25) is 0 Å². The summed E-state index contributed by atoms with van der Waals surface area (Å²) >= 11 is 5.92. The number of hydrogen-bond donors (Lipinski definition) is 1. The third-order valence-electron chi connectivity index (χ3n) is 3.14. The summed E-state index contributed by atoms with van der Waals surface area (Å²) in [4.78, 5) is 11.2. The third kappa shape index (κ3) is 1.82. The number of ether oxygens (including phenoxy) is 1. The van der Waals surface area contributed by atoms with Gasteiger partial charge in [-0.25, -0.2) is 4.79 Å². The first kappa shape index (κ1) is 11.4. The molecule has 0 bridgehead atoms. The number of benzene rings is 1. The highest BCUT2D eigenvalue weighted by atomic mass is 35.5. The van der Waals surface area contributed by atoms with Gasteiger partial charge in [0.25, 0.3) is 5.76 Å². The molecule has 0 atom stereocenters. The van der Waals surface area contributed by atoms with Crippen LogP contribution in [0, 0.1) is 0 Å². The van der Waals surface area contributed by atoms with Crippen LogP contribution < -0.4 is 4.74 Å². The second kappa shape index (κ2) is 4.21. The van der Waals surface area contributed by atoms with Gasteiger partial charge in [0.05, 0.1) is 11.5 Å². The van der Waals surface area contributed by atoms with Gasteiger partial charge in [-0.05, 0) is 37.5 Å². The van der Waals surface area contributed by atoms with E-state index in [1.807, 2.05) is 0 Å². The Labute approximate surface area is 108 Å². The van der Waals surface area contributed by atoms with E-state index in [0.29, 0.717) is 21.7 Å².